The van der Waals surface area contributed by atoms with Crippen LogP contribution in [0.2, 0.25) is 10.0 Å². The summed E-state index contributed by atoms with van der Waals surface area (Å²) in [7, 11) is 5.17. The third-order valence-electron chi connectivity index (χ3n) is 3.47. The Morgan fingerprint density at radius 1 is 1.21 bits per heavy atom. The molecule has 0 amide bonds. The number of halogens is 2. The summed E-state index contributed by atoms with van der Waals surface area (Å²) in [5, 5.41) is 10.0. The van der Waals surface area contributed by atoms with E-state index in [1.165, 1.54) is 19.2 Å². The number of benzene rings is 2. The molecule has 2 rings (SSSR count). The molecule has 0 N–H and O–H groups in total. The number of methoxy groups -OCH3 is 1. The van der Waals surface area contributed by atoms with Gasteiger partial charge in [-0.15, -0.1) is 0 Å². The molecule has 0 aliphatic rings. The lowest BCUT2D eigenvalue weighted by Gasteiger charge is -2.14. The minimum absolute atomic E-state index is 0.279. The van der Waals surface area contributed by atoms with Crippen LogP contribution in [0.5, 0.6) is 0 Å². The molecule has 124 valence electrons. The molecule has 0 heterocycles. The van der Waals surface area contributed by atoms with Crippen molar-refractivity contribution in [2.75, 3.05) is 21.2 Å². The van der Waals surface area contributed by atoms with E-state index >= 15 is 0 Å². The average molecular weight is 363 g/mol. The van der Waals surface area contributed by atoms with Crippen molar-refractivity contribution in [3.8, 4) is 17.2 Å². The second-order valence-electron chi connectivity index (χ2n) is 5.53. The third kappa shape index (κ3) is 3.88. The molecule has 0 bridgehead atoms. The molecule has 0 fully saturated rings. The van der Waals surface area contributed by atoms with E-state index in [0.29, 0.717) is 27.7 Å². The first-order valence-corrected chi connectivity index (χ1v) is 7.88. The molecule has 24 heavy (non-hydrogen) atoms. The maximum atomic E-state index is 11.6. The van der Waals surface area contributed by atoms with E-state index in [0.717, 1.165) is 11.1 Å². The zero-order valence-corrected chi connectivity index (χ0v) is 15.1. The summed E-state index contributed by atoms with van der Waals surface area (Å²) in [6.07, 6.45) is 0. The highest BCUT2D eigenvalue weighted by atomic mass is 35.5. The van der Waals surface area contributed by atoms with Crippen molar-refractivity contribution < 1.29 is 9.53 Å². The zero-order valence-electron chi connectivity index (χ0n) is 13.6. The van der Waals surface area contributed by atoms with Crippen molar-refractivity contribution in [1.82, 2.24) is 4.90 Å². The first-order chi connectivity index (χ1) is 11.4. The predicted octanol–water partition coefficient (Wildman–Crippen LogP) is 4.38. The molecule has 0 spiro atoms. The molecule has 4 nitrogen and oxygen atoms in total. The van der Waals surface area contributed by atoms with E-state index in [2.05, 4.69) is 10.8 Å². The standard InChI is InChI=1S/C18H16Cl2N2O2/c1-22(2)10-12-5-4-11(6-14(12)9-21)17-15(19)7-13(8-16(17)20)18(23)24-3/h4-8H,10H2,1-3H3. The van der Waals surface area contributed by atoms with E-state index in [9.17, 15) is 10.1 Å². The number of nitrogens with zero attached hydrogens (tertiary/aromatic N) is 2. The van der Waals surface area contributed by atoms with Crippen LogP contribution in [0.1, 0.15) is 21.5 Å². The highest BCUT2D eigenvalue weighted by Crippen LogP contribution is 2.37. The van der Waals surface area contributed by atoms with E-state index in [1.807, 2.05) is 31.1 Å². The van der Waals surface area contributed by atoms with Gasteiger partial charge >= 0.3 is 5.97 Å². The Morgan fingerprint density at radius 2 is 1.83 bits per heavy atom. The summed E-state index contributed by atoms with van der Waals surface area (Å²) >= 11 is 12.6. The fraction of sp³-hybridized carbons (Fsp3) is 0.222. The molecule has 0 aliphatic heterocycles. The van der Waals surface area contributed by atoms with Gasteiger partial charge in [-0.05, 0) is 43.4 Å². The fourth-order valence-electron chi connectivity index (χ4n) is 2.40. The summed E-state index contributed by atoms with van der Waals surface area (Å²) in [6.45, 7) is 0.659. The number of hydrogen-bond donors (Lipinski definition) is 0. The van der Waals surface area contributed by atoms with E-state index in [1.54, 1.807) is 6.07 Å². The summed E-state index contributed by atoms with van der Waals surface area (Å²) in [5.74, 6) is -0.510. The molecule has 0 saturated carbocycles. The van der Waals surface area contributed by atoms with Crippen molar-refractivity contribution in [3.05, 3.63) is 57.1 Å². The van der Waals surface area contributed by atoms with Crippen LogP contribution >= 0.6 is 23.2 Å². The molecule has 0 atom stereocenters. The van der Waals surface area contributed by atoms with E-state index < -0.39 is 5.97 Å². The summed E-state index contributed by atoms with van der Waals surface area (Å²) in [6, 6.07) is 10.7. The normalized spacial score (nSPS) is 10.5. The topological polar surface area (TPSA) is 53.3 Å². The minimum atomic E-state index is -0.510. The van der Waals surface area contributed by atoms with E-state index in [-0.39, 0.29) is 5.56 Å². The molecule has 0 aromatic heterocycles. The van der Waals surface area contributed by atoms with Gasteiger partial charge in [0.25, 0.3) is 0 Å². The molecule has 0 unspecified atom stereocenters. The molecule has 6 heteroatoms. The number of ether oxygens (including phenoxy) is 1. The summed E-state index contributed by atoms with van der Waals surface area (Å²) in [4.78, 5) is 13.6. The van der Waals surface area contributed by atoms with Crippen molar-refractivity contribution in [3.63, 3.8) is 0 Å². The zero-order chi connectivity index (χ0) is 17.9. The van der Waals surface area contributed by atoms with E-state index in [4.69, 9.17) is 23.2 Å². The lowest BCUT2D eigenvalue weighted by atomic mass is 9.98. The van der Waals surface area contributed by atoms with Gasteiger partial charge in [-0.2, -0.15) is 5.26 Å². The minimum Gasteiger partial charge on any atom is -0.465 e. The van der Waals surface area contributed by atoms with Gasteiger partial charge in [0.1, 0.15) is 0 Å². The molecular weight excluding hydrogens is 347 g/mol. The van der Waals surface area contributed by atoms with Gasteiger partial charge in [-0.1, -0.05) is 35.3 Å². The van der Waals surface area contributed by atoms with Crippen LogP contribution in [0.3, 0.4) is 0 Å². The molecular formula is C18H16Cl2N2O2. The maximum absolute atomic E-state index is 11.6. The lowest BCUT2D eigenvalue weighted by molar-refractivity contribution is 0.0601. The van der Waals surface area contributed by atoms with Gasteiger partial charge in [0.2, 0.25) is 0 Å². The molecule has 0 radical (unpaired) electrons. The highest BCUT2D eigenvalue weighted by molar-refractivity contribution is 6.39. The lowest BCUT2D eigenvalue weighted by Crippen LogP contribution is -2.11. The Hall–Kier alpha value is -2.06. The smallest absolute Gasteiger partial charge is 0.337 e. The Balaban J connectivity index is 2.53. The van der Waals surface area contributed by atoms with Gasteiger partial charge in [-0.25, -0.2) is 4.79 Å². The largest absolute Gasteiger partial charge is 0.465 e. The van der Waals surface area contributed by atoms with Gasteiger partial charge < -0.3 is 9.64 Å². The fourth-order valence-corrected chi connectivity index (χ4v) is 3.10. The van der Waals surface area contributed by atoms with Crippen LogP contribution in [0.15, 0.2) is 30.3 Å². The Kier molecular flexibility index (Phi) is 5.84. The van der Waals surface area contributed by atoms with Crippen molar-refractivity contribution in [2.24, 2.45) is 0 Å². The quantitative estimate of drug-likeness (QED) is 0.757. The number of hydrogen-bond acceptors (Lipinski definition) is 4. The number of rotatable bonds is 4. The Bertz CT molecular complexity index is 803. The third-order valence-corrected chi connectivity index (χ3v) is 4.06. The van der Waals surface area contributed by atoms with Crippen LogP contribution in [-0.4, -0.2) is 32.1 Å². The molecule has 2 aromatic carbocycles. The number of esters is 1. The molecule has 0 aliphatic carbocycles. The second-order valence-corrected chi connectivity index (χ2v) is 6.34. The number of carbonyl (C=O) groups excluding carboxylic acids is 1. The average Bonchev–Trinajstić information content (AvgIpc) is 2.54. The number of nitriles is 1. The second kappa shape index (κ2) is 7.67. The van der Waals surface area contributed by atoms with Crippen molar-refractivity contribution in [1.29, 1.82) is 5.26 Å². The monoisotopic (exact) mass is 362 g/mol. The maximum Gasteiger partial charge on any atom is 0.337 e. The Labute approximate surface area is 151 Å². The van der Waals surface area contributed by atoms with Crippen LogP contribution in [0.4, 0.5) is 0 Å². The van der Waals surface area contributed by atoms with Crippen molar-refractivity contribution >= 4 is 29.2 Å². The first kappa shape index (κ1) is 18.3. The van der Waals surface area contributed by atoms with Gasteiger partial charge in [0.05, 0.1) is 34.4 Å². The number of carbonyl (C=O) groups is 1. The van der Waals surface area contributed by atoms with Gasteiger partial charge in [0.15, 0.2) is 0 Å². The van der Waals surface area contributed by atoms with Crippen LogP contribution in [0.25, 0.3) is 11.1 Å². The molecule has 2 aromatic rings. The first-order valence-electron chi connectivity index (χ1n) is 7.13. The predicted molar refractivity (Wildman–Crippen MR) is 95.3 cm³/mol. The van der Waals surface area contributed by atoms with Crippen LogP contribution in [0, 0.1) is 11.3 Å². The Morgan fingerprint density at radius 3 is 2.33 bits per heavy atom. The SMILES string of the molecule is COC(=O)c1cc(Cl)c(-c2ccc(CN(C)C)c(C#N)c2)c(Cl)c1. The van der Waals surface area contributed by atoms with Gasteiger partial charge in [0, 0.05) is 12.1 Å². The summed E-state index contributed by atoms with van der Waals surface area (Å²) in [5.41, 5.74) is 3.07. The van der Waals surface area contributed by atoms with Crippen molar-refractivity contribution in [2.45, 2.75) is 6.54 Å². The van der Waals surface area contributed by atoms with Crippen LogP contribution < -0.4 is 0 Å². The molecule has 0 saturated heterocycles. The van der Waals surface area contributed by atoms with Crippen LogP contribution in [-0.2, 0) is 11.3 Å². The van der Waals surface area contributed by atoms with Gasteiger partial charge in [-0.3, -0.25) is 0 Å². The highest BCUT2D eigenvalue weighted by Gasteiger charge is 2.16. The summed E-state index contributed by atoms with van der Waals surface area (Å²) < 4.78 is 4.68.